The second-order valence-electron chi connectivity index (χ2n) is 10.0. The molecule has 2 amide bonds. The van der Waals surface area contributed by atoms with Crippen LogP contribution >= 0.6 is 0 Å². The van der Waals surface area contributed by atoms with Gasteiger partial charge in [-0.15, -0.1) is 0 Å². The topological polar surface area (TPSA) is 138 Å². The Morgan fingerprint density at radius 1 is 1.05 bits per heavy atom. The number of aromatic nitrogens is 2. The summed E-state index contributed by atoms with van der Waals surface area (Å²) in [6.45, 7) is 5.14. The summed E-state index contributed by atoms with van der Waals surface area (Å²) >= 11 is 0. The number of benzene rings is 2. The Labute approximate surface area is 245 Å². The Bertz CT molecular complexity index is 1790. The van der Waals surface area contributed by atoms with Crippen molar-refractivity contribution in [2.24, 2.45) is 0 Å². The quantitative estimate of drug-likeness (QED) is 0.270. The molecule has 0 atom stereocenters. The van der Waals surface area contributed by atoms with Gasteiger partial charge in [0, 0.05) is 35.9 Å². The molecule has 43 heavy (non-hydrogen) atoms. The van der Waals surface area contributed by atoms with Gasteiger partial charge in [-0.1, -0.05) is 11.8 Å². The van der Waals surface area contributed by atoms with Crippen molar-refractivity contribution < 1.29 is 27.8 Å². The molecule has 220 valence electrons. The van der Waals surface area contributed by atoms with Gasteiger partial charge in [-0.2, -0.15) is 0 Å². The molecule has 2 aromatic carbocycles. The number of amides is 2. The zero-order chi connectivity index (χ0) is 31.1. The third kappa shape index (κ3) is 7.95. The van der Waals surface area contributed by atoms with Crippen LogP contribution in [0.3, 0.4) is 0 Å². The first-order valence-electron chi connectivity index (χ1n) is 12.9. The molecule has 0 fully saturated rings. The molecule has 0 aliphatic heterocycles. The SMILES string of the molecule is CC(C)(C)OC(=O)NCC#Cc1c(Oc2ccc(NC(=O)c3cccn(-c4ccc(F)cc4)c3=O)cc2F)ccnc1N. The average Bonchev–Trinajstić information content (AvgIpc) is 2.93. The second kappa shape index (κ2) is 12.9. The maximum atomic E-state index is 15.0. The summed E-state index contributed by atoms with van der Waals surface area (Å²) in [5.41, 5.74) is 5.04. The summed E-state index contributed by atoms with van der Waals surface area (Å²) in [5.74, 6) is 3.36. The van der Waals surface area contributed by atoms with Crippen LogP contribution in [0.1, 0.15) is 36.7 Å². The van der Waals surface area contributed by atoms with E-state index in [2.05, 4.69) is 27.5 Å². The highest BCUT2D eigenvalue weighted by Crippen LogP contribution is 2.30. The van der Waals surface area contributed by atoms with Gasteiger partial charge in [-0.3, -0.25) is 14.2 Å². The monoisotopic (exact) mass is 587 g/mol. The summed E-state index contributed by atoms with van der Waals surface area (Å²) in [6.07, 6.45) is 2.16. The number of alkyl carbamates (subject to hydrolysis) is 1. The van der Waals surface area contributed by atoms with Crippen LogP contribution in [0.25, 0.3) is 5.69 Å². The van der Waals surface area contributed by atoms with Gasteiger partial charge >= 0.3 is 6.09 Å². The molecular weight excluding hydrogens is 560 g/mol. The van der Waals surface area contributed by atoms with Crippen molar-refractivity contribution in [1.82, 2.24) is 14.9 Å². The highest BCUT2D eigenvalue weighted by atomic mass is 19.1. The molecule has 0 saturated heterocycles. The minimum Gasteiger partial charge on any atom is -0.453 e. The van der Waals surface area contributed by atoms with E-state index >= 15 is 4.39 Å². The zero-order valence-corrected chi connectivity index (χ0v) is 23.4. The van der Waals surface area contributed by atoms with Crippen LogP contribution in [-0.2, 0) is 4.74 Å². The minimum atomic E-state index is -0.824. The predicted molar refractivity (Wildman–Crippen MR) is 156 cm³/mol. The van der Waals surface area contributed by atoms with Crippen molar-refractivity contribution in [3.63, 3.8) is 0 Å². The Morgan fingerprint density at radius 2 is 1.79 bits per heavy atom. The van der Waals surface area contributed by atoms with Gasteiger partial charge in [0.2, 0.25) is 0 Å². The first kappa shape index (κ1) is 30.3. The Hall–Kier alpha value is -5.70. The number of hydrogen-bond acceptors (Lipinski definition) is 7. The molecule has 2 aromatic heterocycles. The van der Waals surface area contributed by atoms with Crippen molar-refractivity contribution in [3.05, 3.63) is 106 Å². The predicted octanol–water partition coefficient (Wildman–Crippen LogP) is 5.01. The van der Waals surface area contributed by atoms with E-state index in [1.54, 1.807) is 20.8 Å². The lowest BCUT2D eigenvalue weighted by Crippen LogP contribution is -2.32. The lowest BCUT2D eigenvalue weighted by atomic mass is 10.2. The van der Waals surface area contributed by atoms with Crippen molar-refractivity contribution in [2.75, 3.05) is 17.6 Å². The van der Waals surface area contributed by atoms with E-state index in [0.29, 0.717) is 5.69 Å². The molecule has 10 nitrogen and oxygen atoms in total. The van der Waals surface area contributed by atoms with Crippen LogP contribution < -0.4 is 26.7 Å². The van der Waals surface area contributed by atoms with Gasteiger partial charge < -0.3 is 25.8 Å². The molecule has 0 bridgehead atoms. The summed E-state index contributed by atoms with van der Waals surface area (Å²) < 4.78 is 40.4. The summed E-state index contributed by atoms with van der Waals surface area (Å²) in [7, 11) is 0. The first-order chi connectivity index (χ1) is 20.4. The number of nitrogen functional groups attached to an aromatic ring is 1. The lowest BCUT2D eigenvalue weighted by Gasteiger charge is -2.19. The maximum absolute atomic E-state index is 15.0. The number of pyridine rings is 2. The Morgan fingerprint density at radius 3 is 2.49 bits per heavy atom. The minimum absolute atomic E-state index is 0.0284. The van der Waals surface area contributed by atoms with Crippen LogP contribution in [0, 0.1) is 23.5 Å². The van der Waals surface area contributed by atoms with E-state index in [1.807, 2.05) is 0 Å². The van der Waals surface area contributed by atoms with E-state index in [-0.39, 0.29) is 40.7 Å². The number of halogens is 2. The van der Waals surface area contributed by atoms with E-state index in [9.17, 15) is 18.8 Å². The molecule has 12 heteroatoms. The van der Waals surface area contributed by atoms with Crippen molar-refractivity contribution in [1.29, 1.82) is 0 Å². The number of hydrogen-bond donors (Lipinski definition) is 3. The van der Waals surface area contributed by atoms with Crippen LogP contribution in [0.4, 0.5) is 25.1 Å². The normalized spacial score (nSPS) is 10.7. The molecule has 0 saturated carbocycles. The number of nitrogens with one attached hydrogen (secondary N) is 2. The summed E-state index contributed by atoms with van der Waals surface area (Å²) in [6, 6.07) is 13.1. The Kier molecular flexibility index (Phi) is 9.05. The molecule has 0 radical (unpaired) electrons. The molecule has 0 aliphatic carbocycles. The molecule has 0 unspecified atom stereocenters. The fourth-order valence-electron chi connectivity index (χ4n) is 3.68. The van der Waals surface area contributed by atoms with Gasteiger partial charge in [-0.05, 0) is 69.3 Å². The molecule has 0 aliphatic rings. The van der Waals surface area contributed by atoms with E-state index in [0.717, 1.165) is 6.07 Å². The van der Waals surface area contributed by atoms with E-state index < -0.39 is 34.8 Å². The smallest absolute Gasteiger partial charge is 0.408 e. The van der Waals surface area contributed by atoms with Crippen molar-refractivity contribution >= 4 is 23.5 Å². The number of rotatable bonds is 6. The standard InChI is InChI=1S/C31H27F2N5O5/c1-31(2,3)43-30(41)36-15-4-6-22-25(14-16-35-27(22)34)42-26-13-10-20(18-24(26)33)37-28(39)23-7-5-17-38(29(23)40)21-11-8-19(32)9-12-21/h5,7-14,16-18H,15H2,1-3H3,(H2,34,35)(H,36,41)(H,37,39). The average molecular weight is 588 g/mol. The Balaban J connectivity index is 1.47. The number of anilines is 2. The number of carbonyl (C=O) groups excluding carboxylic acids is 2. The largest absolute Gasteiger partial charge is 0.453 e. The molecule has 2 heterocycles. The first-order valence-corrected chi connectivity index (χ1v) is 12.9. The van der Waals surface area contributed by atoms with Gasteiger partial charge in [0.1, 0.15) is 34.1 Å². The zero-order valence-electron chi connectivity index (χ0n) is 23.4. The molecule has 4 rings (SSSR count). The second-order valence-corrected chi connectivity index (χ2v) is 10.0. The third-order valence-electron chi connectivity index (χ3n) is 5.58. The lowest BCUT2D eigenvalue weighted by molar-refractivity contribution is 0.0535. The fourth-order valence-corrected chi connectivity index (χ4v) is 3.68. The highest BCUT2D eigenvalue weighted by molar-refractivity contribution is 6.04. The van der Waals surface area contributed by atoms with Crippen LogP contribution in [0.15, 0.2) is 77.9 Å². The van der Waals surface area contributed by atoms with E-state index in [1.165, 1.54) is 71.6 Å². The van der Waals surface area contributed by atoms with Gasteiger partial charge in [0.15, 0.2) is 11.6 Å². The van der Waals surface area contributed by atoms with Gasteiger partial charge in [-0.25, -0.2) is 18.6 Å². The molecule has 4 N–H and O–H groups in total. The summed E-state index contributed by atoms with van der Waals surface area (Å²) in [4.78, 5) is 41.6. The van der Waals surface area contributed by atoms with E-state index in [4.69, 9.17) is 15.2 Å². The molecule has 0 spiro atoms. The van der Waals surface area contributed by atoms with Crippen LogP contribution in [-0.4, -0.2) is 33.7 Å². The number of nitrogens with zero attached hydrogens (tertiary/aromatic N) is 2. The highest BCUT2D eigenvalue weighted by Gasteiger charge is 2.17. The summed E-state index contributed by atoms with van der Waals surface area (Å²) in [5, 5.41) is 4.98. The van der Waals surface area contributed by atoms with Crippen LogP contribution in [0.5, 0.6) is 11.5 Å². The van der Waals surface area contributed by atoms with Gasteiger partial charge in [0.25, 0.3) is 11.5 Å². The van der Waals surface area contributed by atoms with Crippen molar-refractivity contribution in [3.8, 4) is 29.0 Å². The van der Waals surface area contributed by atoms with Gasteiger partial charge in [0.05, 0.1) is 6.54 Å². The van der Waals surface area contributed by atoms with Crippen molar-refractivity contribution in [2.45, 2.75) is 26.4 Å². The molecular formula is C31H27F2N5O5. The van der Waals surface area contributed by atoms with Crippen LogP contribution in [0.2, 0.25) is 0 Å². The number of carbonyl (C=O) groups is 2. The number of nitrogens with two attached hydrogens (primary N) is 1. The number of ether oxygens (including phenoxy) is 2. The maximum Gasteiger partial charge on any atom is 0.408 e. The third-order valence-corrected chi connectivity index (χ3v) is 5.58. The fraction of sp³-hybridized carbons (Fsp3) is 0.161. The molecule has 4 aromatic rings.